The summed E-state index contributed by atoms with van der Waals surface area (Å²) in [4.78, 5) is 24.2. The first kappa shape index (κ1) is 17.6. The number of hydrogen-bond donors (Lipinski definition) is 0. The van der Waals surface area contributed by atoms with E-state index in [0.717, 1.165) is 23.1 Å². The minimum atomic E-state index is -0.519. The van der Waals surface area contributed by atoms with Crippen LogP contribution in [0.1, 0.15) is 17.0 Å². The van der Waals surface area contributed by atoms with Crippen LogP contribution in [0.25, 0.3) is 6.08 Å². The van der Waals surface area contributed by atoms with E-state index in [1.54, 1.807) is 4.68 Å². The van der Waals surface area contributed by atoms with Crippen LogP contribution >= 0.6 is 24.0 Å². The van der Waals surface area contributed by atoms with Crippen molar-refractivity contribution in [2.45, 2.75) is 13.8 Å². The number of fused-ring (bicyclic) bond motifs is 1. The number of thioether (sulfide) groups is 1. The molecule has 0 aliphatic carbocycles. The first-order chi connectivity index (χ1) is 12.9. The molecule has 2 aliphatic heterocycles. The van der Waals surface area contributed by atoms with Crippen molar-refractivity contribution < 1.29 is 19.2 Å². The van der Waals surface area contributed by atoms with E-state index in [-0.39, 0.29) is 24.0 Å². The largest absolute Gasteiger partial charge is 0.454 e. The lowest BCUT2D eigenvalue weighted by Crippen LogP contribution is -2.39. The molecule has 2 aromatic rings. The Balaban J connectivity index is 1.77. The van der Waals surface area contributed by atoms with Crippen LogP contribution in [0.5, 0.6) is 11.5 Å². The van der Waals surface area contributed by atoms with Gasteiger partial charge in [-0.15, -0.1) is 0 Å². The lowest BCUT2D eigenvalue weighted by molar-refractivity contribution is -0.385. The monoisotopic (exact) mass is 403 g/mol. The van der Waals surface area contributed by atoms with Crippen molar-refractivity contribution in [1.82, 2.24) is 4.68 Å². The fourth-order valence-electron chi connectivity index (χ4n) is 2.97. The smallest absolute Gasteiger partial charge is 0.285 e. The molecule has 4 rings (SSSR count). The maximum atomic E-state index is 12.9. The van der Waals surface area contributed by atoms with Crippen LogP contribution in [0.15, 0.2) is 29.2 Å². The van der Waals surface area contributed by atoms with Gasteiger partial charge in [0.05, 0.1) is 21.5 Å². The molecule has 10 heteroatoms. The van der Waals surface area contributed by atoms with Crippen molar-refractivity contribution in [3.05, 3.63) is 56.2 Å². The average Bonchev–Trinajstić information content (AvgIpc) is 3.27. The Morgan fingerprint density at radius 1 is 1.22 bits per heavy atom. The van der Waals surface area contributed by atoms with Gasteiger partial charge in [-0.05, 0) is 50.3 Å². The highest BCUT2D eigenvalue weighted by Gasteiger charge is 2.35. The minimum absolute atomic E-state index is 0.00421. The topological polar surface area (TPSA) is 86.8 Å². The molecule has 27 heavy (non-hydrogen) atoms. The molecular weight excluding hydrogens is 390 g/mol. The second-order valence-electron chi connectivity index (χ2n) is 5.94. The number of nitro benzene ring substituents is 1. The fraction of sp³-hybridized carbons (Fsp3) is 0.176. The normalized spacial score (nSPS) is 17.3. The van der Waals surface area contributed by atoms with Gasteiger partial charge in [-0.1, -0.05) is 11.8 Å². The van der Waals surface area contributed by atoms with Crippen LogP contribution in [0.3, 0.4) is 0 Å². The number of nitrogens with zero attached hydrogens (tertiary/aromatic N) is 3. The SMILES string of the molecule is Cc1ccc(C)n1N1C(=O)/C(=C/c2cc3c(cc2[N+](=O)[O-])OCO3)SC1=S. The van der Waals surface area contributed by atoms with Crippen LogP contribution in [-0.4, -0.2) is 26.6 Å². The van der Waals surface area contributed by atoms with Crippen LogP contribution in [0, 0.1) is 24.0 Å². The van der Waals surface area contributed by atoms with E-state index < -0.39 is 4.92 Å². The number of hydrogen-bond acceptors (Lipinski definition) is 7. The van der Waals surface area contributed by atoms with Crippen molar-refractivity contribution in [3.8, 4) is 11.5 Å². The molecule has 1 aromatic heterocycles. The zero-order chi connectivity index (χ0) is 19.3. The predicted octanol–water partition coefficient (Wildman–Crippen LogP) is 3.28. The third kappa shape index (κ3) is 2.86. The summed E-state index contributed by atoms with van der Waals surface area (Å²) in [6, 6.07) is 6.58. The number of benzene rings is 1. The number of aromatic nitrogens is 1. The summed E-state index contributed by atoms with van der Waals surface area (Å²) in [5.41, 5.74) is 1.81. The predicted molar refractivity (Wildman–Crippen MR) is 105 cm³/mol. The second-order valence-corrected chi connectivity index (χ2v) is 7.62. The summed E-state index contributed by atoms with van der Waals surface area (Å²) in [6.45, 7) is 3.75. The van der Waals surface area contributed by atoms with Gasteiger partial charge in [0.1, 0.15) is 0 Å². The van der Waals surface area contributed by atoms with Gasteiger partial charge in [0.15, 0.2) is 15.8 Å². The van der Waals surface area contributed by atoms with Gasteiger partial charge in [-0.25, -0.2) is 0 Å². The van der Waals surface area contributed by atoms with E-state index in [1.807, 2.05) is 26.0 Å². The zero-order valence-electron chi connectivity index (χ0n) is 14.3. The number of rotatable bonds is 3. The molecule has 0 N–H and O–H groups in total. The van der Waals surface area contributed by atoms with Gasteiger partial charge in [0.25, 0.3) is 11.6 Å². The minimum Gasteiger partial charge on any atom is -0.454 e. The standard InChI is InChI=1S/C17H13N3O5S2/c1-9-3-4-10(2)18(9)19-16(21)15(27-17(19)26)6-11-5-13-14(25-8-24-13)7-12(11)20(22)23/h3-7H,8H2,1-2H3/b15-6-. The molecule has 138 valence electrons. The van der Waals surface area contributed by atoms with E-state index in [9.17, 15) is 14.9 Å². The molecular formula is C17H13N3O5S2. The second kappa shape index (κ2) is 6.39. The highest BCUT2D eigenvalue weighted by atomic mass is 32.2. The Hall–Kier alpha value is -2.85. The highest BCUT2D eigenvalue weighted by molar-refractivity contribution is 8.27. The Bertz CT molecular complexity index is 1020. The van der Waals surface area contributed by atoms with Gasteiger partial charge >= 0.3 is 0 Å². The van der Waals surface area contributed by atoms with Crippen molar-refractivity contribution in [3.63, 3.8) is 0 Å². The van der Waals surface area contributed by atoms with E-state index in [0.29, 0.717) is 20.7 Å². The van der Waals surface area contributed by atoms with Gasteiger partial charge < -0.3 is 9.47 Å². The molecule has 0 spiro atoms. The van der Waals surface area contributed by atoms with E-state index in [4.69, 9.17) is 21.7 Å². The Labute approximate surface area is 163 Å². The summed E-state index contributed by atoms with van der Waals surface area (Å²) >= 11 is 6.47. The first-order valence-corrected chi connectivity index (χ1v) is 9.10. The number of thiocarbonyl (C=S) groups is 1. The number of carbonyl (C=O) groups is 1. The van der Waals surface area contributed by atoms with Crippen LogP contribution in [0.2, 0.25) is 0 Å². The van der Waals surface area contributed by atoms with Crippen LogP contribution in [-0.2, 0) is 4.79 Å². The summed E-state index contributed by atoms with van der Waals surface area (Å²) in [6.07, 6.45) is 1.47. The number of amides is 1. The Kier molecular flexibility index (Phi) is 4.16. The molecule has 3 heterocycles. The van der Waals surface area contributed by atoms with Gasteiger partial charge in [-0.2, -0.15) is 5.01 Å². The van der Waals surface area contributed by atoms with Crippen molar-refractivity contribution in [2.75, 3.05) is 11.8 Å². The number of nitro groups is 1. The number of carbonyl (C=O) groups excluding carboxylic acids is 1. The molecule has 0 unspecified atom stereocenters. The Morgan fingerprint density at radius 2 is 1.85 bits per heavy atom. The molecule has 0 radical (unpaired) electrons. The molecule has 1 fully saturated rings. The molecule has 2 aliphatic rings. The van der Waals surface area contributed by atoms with E-state index in [1.165, 1.54) is 23.2 Å². The lowest BCUT2D eigenvalue weighted by Gasteiger charge is -2.20. The molecule has 1 amide bonds. The third-order valence-electron chi connectivity index (χ3n) is 4.21. The number of aryl methyl sites for hydroxylation is 2. The average molecular weight is 403 g/mol. The highest BCUT2D eigenvalue weighted by Crippen LogP contribution is 2.40. The number of ether oxygens (including phenoxy) is 2. The van der Waals surface area contributed by atoms with Crippen molar-refractivity contribution in [2.24, 2.45) is 0 Å². The maximum Gasteiger partial charge on any atom is 0.285 e. The molecule has 0 atom stereocenters. The summed E-state index contributed by atoms with van der Waals surface area (Å²) in [5.74, 6) is 0.379. The summed E-state index contributed by atoms with van der Waals surface area (Å²) in [5, 5.41) is 12.8. The molecule has 1 aromatic carbocycles. The molecule has 0 bridgehead atoms. The lowest BCUT2D eigenvalue weighted by atomic mass is 10.1. The van der Waals surface area contributed by atoms with Crippen molar-refractivity contribution in [1.29, 1.82) is 0 Å². The maximum absolute atomic E-state index is 12.9. The quantitative estimate of drug-likeness (QED) is 0.336. The fourth-order valence-corrected chi connectivity index (χ4v) is 4.20. The first-order valence-electron chi connectivity index (χ1n) is 7.88. The Morgan fingerprint density at radius 3 is 2.48 bits per heavy atom. The van der Waals surface area contributed by atoms with Gasteiger partial charge in [-0.3, -0.25) is 19.6 Å². The molecule has 8 nitrogen and oxygen atoms in total. The molecule has 1 saturated heterocycles. The van der Waals surface area contributed by atoms with Crippen LogP contribution < -0.4 is 14.5 Å². The molecule has 0 saturated carbocycles. The third-order valence-corrected chi connectivity index (χ3v) is 5.50. The zero-order valence-corrected chi connectivity index (χ0v) is 15.9. The van der Waals surface area contributed by atoms with Gasteiger partial charge in [0, 0.05) is 11.4 Å². The summed E-state index contributed by atoms with van der Waals surface area (Å²) in [7, 11) is 0. The summed E-state index contributed by atoms with van der Waals surface area (Å²) < 4.78 is 12.6. The van der Waals surface area contributed by atoms with E-state index in [2.05, 4.69) is 0 Å². The van der Waals surface area contributed by atoms with E-state index >= 15 is 0 Å². The van der Waals surface area contributed by atoms with Crippen molar-refractivity contribution >= 4 is 46.0 Å². The van der Waals surface area contributed by atoms with Gasteiger partial charge in [0.2, 0.25) is 6.79 Å². The van der Waals surface area contributed by atoms with Crippen LogP contribution in [0.4, 0.5) is 5.69 Å².